The van der Waals surface area contributed by atoms with Crippen molar-refractivity contribution in [2.24, 2.45) is 0 Å². The number of nitrogens with zero attached hydrogens (tertiary/aromatic N) is 1. The quantitative estimate of drug-likeness (QED) is 0.741. The molecular formula is C12H15FNO3P. The van der Waals surface area contributed by atoms with Gasteiger partial charge in [-0.3, -0.25) is 4.57 Å². The first-order valence-corrected chi connectivity index (χ1v) is 7.22. The molecule has 0 aromatic heterocycles. The molecule has 0 radical (unpaired) electrons. The van der Waals surface area contributed by atoms with E-state index < -0.39 is 19.1 Å². The van der Waals surface area contributed by atoms with E-state index in [1.54, 1.807) is 13.8 Å². The highest BCUT2D eigenvalue weighted by Gasteiger charge is 2.37. The first-order chi connectivity index (χ1) is 8.57. The normalized spacial score (nSPS) is 13.0. The Hall–Kier alpha value is -1.21. The molecule has 6 heteroatoms. The van der Waals surface area contributed by atoms with E-state index in [4.69, 9.17) is 14.3 Å². The molecule has 0 saturated heterocycles. The molecule has 0 aliphatic carbocycles. The minimum absolute atomic E-state index is 0.177. The number of hydrogen-bond acceptors (Lipinski definition) is 4. The van der Waals surface area contributed by atoms with Gasteiger partial charge in [-0.2, -0.15) is 5.26 Å². The van der Waals surface area contributed by atoms with Crippen LogP contribution in [0.4, 0.5) is 4.39 Å². The average Bonchev–Trinajstić information content (AvgIpc) is 2.33. The van der Waals surface area contributed by atoms with Gasteiger partial charge in [0, 0.05) is 0 Å². The van der Waals surface area contributed by atoms with Crippen molar-refractivity contribution in [3.05, 3.63) is 35.6 Å². The third kappa shape index (κ3) is 3.39. The van der Waals surface area contributed by atoms with Gasteiger partial charge in [-0.25, -0.2) is 4.39 Å². The predicted molar refractivity (Wildman–Crippen MR) is 65.6 cm³/mol. The maximum absolute atomic E-state index is 12.8. The van der Waals surface area contributed by atoms with Gasteiger partial charge >= 0.3 is 7.60 Å². The Balaban J connectivity index is 3.10. The van der Waals surface area contributed by atoms with E-state index in [-0.39, 0.29) is 13.2 Å². The van der Waals surface area contributed by atoms with Gasteiger partial charge in [-0.1, -0.05) is 12.1 Å². The van der Waals surface area contributed by atoms with Gasteiger partial charge in [-0.15, -0.1) is 0 Å². The van der Waals surface area contributed by atoms with Crippen LogP contribution in [0.25, 0.3) is 0 Å². The van der Waals surface area contributed by atoms with Crippen molar-refractivity contribution in [3.8, 4) is 6.07 Å². The molecular weight excluding hydrogens is 256 g/mol. The Labute approximate surface area is 106 Å². The van der Waals surface area contributed by atoms with E-state index in [1.165, 1.54) is 24.3 Å². The maximum Gasteiger partial charge on any atom is 0.352 e. The van der Waals surface area contributed by atoms with Gasteiger partial charge in [0.1, 0.15) is 5.82 Å². The van der Waals surface area contributed by atoms with Crippen LogP contribution in [0.2, 0.25) is 0 Å². The van der Waals surface area contributed by atoms with E-state index in [2.05, 4.69) is 0 Å². The lowest BCUT2D eigenvalue weighted by molar-refractivity contribution is 0.216. The lowest BCUT2D eigenvalue weighted by Gasteiger charge is -2.21. The molecule has 0 fully saturated rings. The summed E-state index contributed by atoms with van der Waals surface area (Å²) < 4.78 is 35.6. The zero-order valence-corrected chi connectivity index (χ0v) is 11.2. The summed E-state index contributed by atoms with van der Waals surface area (Å²) in [5.41, 5.74) is -0.623. The van der Waals surface area contributed by atoms with Gasteiger partial charge in [0.2, 0.25) is 0 Å². The second-order valence-corrected chi connectivity index (χ2v) is 5.57. The van der Waals surface area contributed by atoms with Crippen LogP contribution < -0.4 is 0 Å². The Morgan fingerprint density at radius 1 is 1.28 bits per heavy atom. The summed E-state index contributed by atoms with van der Waals surface area (Å²) in [6.07, 6.45) is 0. The standard InChI is InChI=1S/C12H15FNO3P/c1-3-16-18(15,17-4-2)12(9-14)10-5-7-11(13)8-6-10/h5-8,12H,3-4H2,1-2H3. The molecule has 1 atom stereocenters. The summed E-state index contributed by atoms with van der Waals surface area (Å²) in [5, 5.41) is 9.16. The Bertz CT molecular complexity index is 459. The van der Waals surface area contributed by atoms with E-state index in [1.807, 2.05) is 6.07 Å². The van der Waals surface area contributed by atoms with Gasteiger partial charge in [0.25, 0.3) is 0 Å². The van der Waals surface area contributed by atoms with Crippen LogP contribution >= 0.6 is 7.60 Å². The third-order valence-corrected chi connectivity index (χ3v) is 4.52. The average molecular weight is 271 g/mol. The largest absolute Gasteiger partial charge is 0.352 e. The smallest absolute Gasteiger partial charge is 0.308 e. The van der Waals surface area contributed by atoms with Gasteiger partial charge in [0.05, 0.1) is 19.3 Å². The van der Waals surface area contributed by atoms with Crippen molar-refractivity contribution in [3.63, 3.8) is 0 Å². The molecule has 0 amide bonds. The lowest BCUT2D eigenvalue weighted by atomic mass is 10.2. The van der Waals surface area contributed by atoms with Crippen molar-refractivity contribution >= 4 is 7.60 Å². The third-order valence-electron chi connectivity index (χ3n) is 2.24. The SMILES string of the molecule is CCOP(=O)(OCC)C(C#N)c1ccc(F)cc1. The monoisotopic (exact) mass is 271 g/mol. The summed E-state index contributed by atoms with van der Waals surface area (Å²) in [5.74, 6) is -0.418. The van der Waals surface area contributed by atoms with Gasteiger partial charge in [-0.05, 0) is 31.5 Å². The molecule has 18 heavy (non-hydrogen) atoms. The second-order valence-electron chi connectivity index (χ2n) is 3.46. The molecule has 0 spiro atoms. The molecule has 0 bridgehead atoms. The van der Waals surface area contributed by atoms with Crippen molar-refractivity contribution in [1.82, 2.24) is 0 Å². The molecule has 98 valence electrons. The molecule has 1 rings (SSSR count). The first-order valence-electron chi connectivity index (χ1n) is 5.61. The van der Waals surface area contributed by atoms with E-state index in [0.717, 1.165) is 0 Å². The van der Waals surface area contributed by atoms with Gasteiger partial charge in [0.15, 0.2) is 5.66 Å². The first kappa shape index (κ1) is 14.8. The number of benzene rings is 1. The van der Waals surface area contributed by atoms with Crippen LogP contribution in [0.3, 0.4) is 0 Å². The van der Waals surface area contributed by atoms with E-state index in [9.17, 15) is 8.96 Å². The van der Waals surface area contributed by atoms with Gasteiger partial charge < -0.3 is 9.05 Å². The fourth-order valence-corrected chi connectivity index (χ4v) is 3.29. The highest BCUT2D eigenvalue weighted by molar-refractivity contribution is 7.54. The van der Waals surface area contributed by atoms with Crippen molar-refractivity contribution < 1.29 is 18.0 Å². The fourth-order valence-electron chi connectivity index (χ4n) is 1.52. The van der Waals surface area contributed by atoms with Crippen LogP contribution in [-0.2, 0) is 13.6 Å². The molecule has 0 aliphatic rings. The second kappa shape index (κ2) is 6.65. The number of rotatable bonds is 6. The highest BCUT2D eigenvalue weighted by atomic mass is 31.2. The van der Waals surface area contributed by atoms with Crippen LogP contribution in [0.1, 0.15) is 25.1 Å². The summed E-state index contributed by atoms with van der Waals surface area (Å²) in [6, 6.07) is 7.15. The highest BCUT2D eigenvalue weighted by Crippen LogP contribution is 2.60. The van der Waals surface area contributed by atoms with Crippen molar-refractivity contribution in [2.45, 2.75) is 19.5 Å². The molecule has 1 aromatic rings. The zero-order chi connectivity index (χ0) is 13.6. The van der Waals surface area contributed by atoms with Crippen LogP contribution in [0, 0.1) is 17.1 Å². The van der Waals surface area contributed by atoms with Crippen molar-refractivity contribution in [2.75, 3.05) is 13.2 Å². The lowest BCUT2D eigenvalue weighted by Crippen LogP contribution is -2.05. The van der Waals surface area contributed by atoms with Crippen LogP contribution in [0.15, 0.2) is 24.3 Å². The minimum Gasteiger partial charge on any atom is -0.308 e. The molecule has 0 aliphatic heterocycles. The minimum atomic E-state index is -3.55. The molecule has 4 nitrogen and oxygen atoms in total. The Morgan fingerprint density at radius 2 is 1.78 bits per heavy atom. The topological polar surface area (TPSA) is 59.3 Å². The molecule has 1 unspecified atom stereocenters. The molecule has 0 saturated carbocycles. The zero-order valence-electron chi connectivity index (χ0n) is 10.3. The number of halogens is 1. The Kier molecular flexibility index (Phi) is 5.49. The number of hydrogen-bond donors (Lipinski definition) is 0. The summed E-state index contributed by atoms with van der Waals surface area (Å²) in [6.45, 7) is 3.70. The summed E-state index contributed by atoms with van der Waals surface area (Å²) in [7, 11) is -3.55. The Morgan fingerprint density at radius 3 is 2.17 bits per heavy atom. The molecule has 1 aromatic carbocycles. The molecule has 0 N–H and O–H groups in total. The summed E-state index contributed by atoms with van der Waals surface area (Å²) >= 11 is 0. The fraction of sp³-hybridized carbons (Fsp3) is 0.417. The van der Waals surface area contributed by atoms with Crippen LogP contribution in [0.5, 0.6) is 0 Å². The van der Waals surface area contributed by atoms with E-state index >= 15 is 0 Å². The van der Waals surface area contributed by atoms with Crippen molar-refractivity contribution in [1.29, 1.82) is 5.26 Å². The number of nitriles is 1. The summed E-state index contributed by atoms with van der Waals surface area (Å²) in [4.78, 5) is 0. The maximum atomic E-state index is 12.8. The predicted octanol–water partition coefficient (Wildman–Crippen LogP) is 3.66. The van der Waals surface area contributed by atoms with E-state index in [0.29, 0.717) is 5.56 Å². The van der Waals surface area contributed by atoms with Crippen LogP contribution in [-0.4, -0.2) is 13.2 Å². The molecule has 0 heterocycles.